The summed E-state index contributed by atoms with van der Waals surface area (Å²) in [5, 5.41) is 8.15. The van der Waals surface area contributed by atoms with E-state index in [9.17, 15) is 0 Å². The maximum absolute atomic E-state index is 4.36. The van der Waals surface area contributed by atoms with Crippen LogP contribution < -0.4 is 10.6 Å². The molecule has 1 aliphatic rings. The smallest absolute Gasteiger partial charge is 0.138 e. The second-order valence-corrected chi connectivity index (χ2v) is 6.06. The van der Waals surface area contributed by atoms with Gasteiger partial charge in [-0.2, -0.15) is 0 Å². The average Bonchev–Trinajstić information content (AvgIpc) is 2.78. The van der Waals surface area contributed by atoms with E-state index in [1.807, 2.05) is 0 Å². The maximum atomic E-state index is 4.36. The molecule has 0 amide bonds. The molecule has 0 saturated carbocycles. The summed E-state index contributed by atoms with van der Waals surface area (Å²) in [6.07, 6.45) is 5.53. The van der Waals surface area contributed by atoms with Crippen molar-refractivity contribution in [3.63, 3.8) is 0 Å². The highest BCUT2D eigenvalue weighted by Crippen LogP contribution is 2.27. The minimum absolute atomic E-state index is 0.573. The topological polar surface area (TPSA) is 49.8 Å². The summed E-state index contributed by atoms with van der Waals surface area (Å²) in [5.74, 6) is 0.969. The lowest BCUT2D eigenvalue weighted by atomic mass is 10.1. The number of rotatable bonds is 3. The van der Waals surface area contributed by atoms with E-state index in [1.54, 1.807) is 17.7 Å². The van der Waals surface area contributed by atoms with E-state index in [1.165, 1.54) is 24.1 Å². The molecule has 0 aromatic carbocycles. The average molecular weight is 262 g/mol. The first-order valence-electron chi connectivity index (χ1n) is 6.51. The Bertz CT molecular complexity index is 531. The lowest BCUT2D eigenvalue weighted by molar-refractivity contribution is 0.414. The minimum atomic E-state index is 0.573. The fourth-order valence-corrected chi connectivity index (χ4v) is 3.28. The number of nitrogens with zero attached hydrogens (tertiary/aromatic N) is 2. The molecule has 96 valence electrons. The Morgan fingerprint density at radius 1 is 1.44 bits per heavy atom. The van der Waals surface area contributed by atoms with Crippen molar-refractivity contribution in [1.82, 2.24) is 15.3 Å². The lowest BCUT2D eigenvalue weighted by Crippen LogP contribution is -2.39. The molecule has 0 spiro atoms. The molecule has 2 aromatic rings. The summed E-state index contributed by atoms with van der Waals surface area (Å²) >= 11 is 1.72. The number of hydrogen-bond donors (Lipinski definition) is 2. The largest absolute Gasteiger partial charge is 0.368 e. The van der Waals surface area contributed by atoms with E-state index in [2.05, 4.69) is 33.6 Å². The van der Waals surface area contributed by atoms with Crippen LogP contribution in [0.15, 0.2) is 12.4 Å². The van der Waals surface area contributed by atoms with Gasteiger partial charge in [-0.05, 0) is 32.4 Å². The third-order valence-electron chi connectivity index (χ3n) is 3.38. The first-order chi connectivity index (χ1) is 8.83. The van der Waals surface area contributed by atoms with Crippen LogP contribution in [0.4, 0.5) is 5.82 Å². The molecule has 2 aromatic heterocycles. The standard InChI is InChI=1S/C13H18N4S/c1-9-6-11-12(16-8-17-13(11)18-9)15-7-10-4-2-3-5-14-10/h6,8,10,14H,2-5,7H2,1H3,(H,15,16,17). The minimum Gasteiger partial charge on any atom is -0.368 e. The summed E-state index contributed by atoms with van der Waals surface area (Å²) in [6.45, 7) is 4.20. The van der Waals surface area contributed by atoms with Crippen molar-refractivity contribution in [3.05, 3.63) is 17.3 Å². The van der Waals surface area contributed by atoms with E-state index in [-0.39, 0.29) is 0 Å². The number of hydrogen-bond acceptors (Lipinski definition) is 5. The quantitative estimate of drug-likeness (QED) is 0.892. The van der Waals surface area contributed by atoms with Crippen LogP contribution in [0.2, 0.25) is 0 Å². The molecule has 1 saturated heterocycles. The van der Waals surface area contributed by atoms with Crippen LogP contribution in [0.25, 0.3) is 10.2 Å². The Morgan fingerprint density at radius 3 is 3.22 bits per heavy atom. The Labute approximate surface area is 111 Å². The number of thiophene rings is 1. The van der Waals surface area contributed by atoms with Crippen LogP contribution in [0.5, 0.6) is 0 Å². The Kier molecular flexibility index (Phi) is 3.43. The van der Waals surface area contributed by atoms with Crippen LogP contribution in [0.1, 0.15) is 24.1 Å². The van der Waals surface area contributed by atoms with Gasteiger partial charge in [-0.3, -0.25) is 0 Å². The van der Waals surface area contributed by atoms with Gasteiger partial charge < -0.3 is 10.6 Å². The predicted octanol–water partition coefficient (Wildman–Crippen LogP) is 2.55. The zero-order chi connectivity index (χ0) is 12.4. The van der Waals surface area contributed by atoms with Gasteiger partial charge in [-0.1, -0.05) is 6.42 Å². The third-order valence-corrected chi connectivity index (χ3v) is 4.34. The van der Waals surface area contributed by atoms with Crippen molar-refractivity contribution in [2.45, 2.75) is 32.2 Å². The van der Waals surface area contributed by atoms with Crippen LogP contribution in [0, 0.1) is 6.92 Å². The van der Waals surface area contributed by atoms with Crippen molar-refractivity contribution in [2.24, 2.45) is 0 Å². The number of aryl methyl sites for hydroxylation is 1. The van der Waals surface area contributed by atoms with Gasteiger partial charge in [0.15, 0.2) is 0 Å². The normalized spacial score (nSPS) is 20.2. The molecule has 0 aliphatic carbocycles. The van der Waals surface area contributed by atoms with E-state index in [0.29, 0.717) is 6.04 Å². The van der Waals surface area contributed by atoms with Crippen LogP contribution >= 0.6 is 11.3 Å². The Morgan fingerprint density at radius 2 is 2.39 bits per heavy atom. The van der Waals surface area contributed by atoms with Crippen molar-refractivity contribution in [1.29, 1.82) is 0 Å². The highest BCUT2D eigenvalue weighted by molar-refractivity contribution is 7.18. The monoisotopic (exact) mass is 262 g/mol. The van der Waals surface area contributed by atoms with Gasteiger partial charge in [-0.15, -0.1) is 11.3 Å². The number of anilines is 1. The van der Waals surface area contributed by atoms with Crippen LogP contribution in [0.3, 0.4) is 0 Å². The number of piperidine rings is 1. The molecule has 0 radical (unpaired) electrons. The molecule has 5 heteroatoms. The van der Waals surface area contributed by atoms with Gasteiger partial charge in [0.25, 0.3) is 0 Å². The number of nitrogens with one attached hydrogen (secondary N) is 2. The van der Waals surface area contributed by atoms with Crippen molar-refractivity contribution >= 4 is 27.4 Å². The van der Waals surface area contributed by atoms with Gasteiger partial charge in [0.1, 0.15) is 17.0 Å². The molecule has 4 nitrogen and oxygen atoms in total. The van der Waals surface area contributed by atoms with Gasteiger partial charge in [0.05, 0.1) is 5.39 Å². The molecule has 1 unspecified atom stereocenters. The van der Waals surface area contributed by atoms with Gasteiger partial charge >= 0.3 is 0 Å². The Hall–Kier alpha value is -1.20. The first kappa shape index (κ1) is 11.9. The van der Waals surface area contributed by atoms with E-state index in [4.69, 9.17) is 0 Å². The fourth-order valence-electron chi connectivity index (χ4n) is 2.44. The van der Waals surface area contributed by atoms with Crippen molar-refractivity contribution in [2.75, 3.05) is 18.4 Å². The fraction of sp³-hybridized carbons (Fsp3) is 0.538. The molecule has 1 atom stereocenters. The third kappa shape index (κ3) is 2.47. The molecule has 1 aliphatic heterocycles. The van der Waals surface area contributed by atoms with Crippen LogP contribution in [-0.4, -0.2) is 29.1 Å². The van der Waals surface area contributed by atoms with Crippen molar-refractivity contribution < 1.29 is 0 Å². The highest BCUT2D eigenvalue weighted by Gasteiger charge is 2.13. The number of fused-ring (bicyclic) bond motifs is 1. The Balaban J connectivity index is 1.73. The maximum Gasteiger partial charge on any atom is 0.138 e. The van der Waals surface area contributed by atoms with Gasteiger partial charge in [0.2, 0.25) is 0 Å². The molecule has 1 fully saturated rings. The molecule has 18 heavy (non-hydrogen) atoms. The molecule has 3 heterocycles. The van der Waals surface area contributed by atoms with E-state index < -0.39 is 0 Å². The van der Waals surface area contributed by atoms with Crippen molar-refractivity contribution in [3.8, 4) is 0 Å². The second kappa shape index (κ2) is 5.20. The summed E-state index contributed by atoms with van der Waals surface area (Å²) in [4.78, 5) is 11.0. The second-order valence-electron chi connectivity index (χ2n) is 4.83. The summed E-state index contributed by atoms with van der Waals surface area (Å²) < 4.78 is 0. The summed E-state index contributed by atoms with van der Waals surface area (Å²) in [5.41, 5.74) is 0. The zero-order valence-corrected chi connectivity index (χ0v) is 11.4. The summed E-state index contributed by atoms with van der Waals surface area (Å²) in [7, 11) is 0. The SMILES string of the molecule is Cc1cc2c(NCC3CCCCN3)ncnc2s1. The van der Waals surface area contributed by atoms with Gasteiger partial charge in [0, 0.05) is 17.5 Å². The lowest BCUT2D eigenvalue weighted by Gasteiger charge is -2.23. The zero-order valence-electron chi connectivity index (χ0n) is 10.6. The highest BCUT2D eigenvalue weighted by atomic mass is 32.1. The number of aromatic nitrogens is 2. The molecule has 2 N–H and O–H groups in total. The van der Waals surface area contributed by atoms with E-state index >= 15 is 0 Å². The molecule has 0 bridgehead atoms. The molecular formula is C13H18N4S. The summed E-state index contributed by atoms with van der Waals surface area (Å²) in [6, 6.07) is 2.74. The first-order valence-corrected chi connectivity index (χ1v) is 7.33. The van der Waals surface area contributed by atoms with E-state index in [0.717, 1.165) is 29.1 Å². The van der Waals surface area contributed by atoms with Gasteiger partial charge in [-0.25, -0.2) is 9.97 Å². The van der Waals surface area contributed by atoms with Crippen LogP contribution in [-0.2, 0) is 0 Å². The molecule has 3 rings (SSSR count). The molecular weight excluding hydrogens is 244 g/mol. The predicted molar refractivity (Wildman–Crippen MR) is 76.3 cm³/mol.